The SMILES string of the molecule is COCCN1C[C@@]2(F)CN(C(=O)c3sccc3Br)C[C@@]2(F)C1=O. The van der Waals surface area contributed by atoms with Crippen LogP contribution < -0.4 is 0 Å². The maximum absolute atomic E-state index is 15.1. The summed E-state index contributed by atoms with van der Waals surface area (Å²) in [5.41, 5.74) is -5.06. The molecule has 1 aromatic rings. The lowest BCUT2D eigenvalue weighted by Gasteiger charge is -2.22. The van der Waals surface area contributed by atoms with Crippen molar-refractivity contribution in [1.82, 2.24) is 9.80 Å². The van der Waals surface area contributed by atoms with Crippen LogP contribution in [0.15, 0.2) is 15.9 Å². The second-order valence-corrected chi connectivity index (χ2v) is 7.52. The molecule has 0 spiro atoms. The topological polar surface area (TPSA) is 49.9 Å². The van der Waals surface area contributed by atoms with Gasteiger partial charge in [0.15, 0.2) is 5.67 Å². The number of carbonyl (C=O) groups is 2. The Morgan fingerprint density at radius 1 is 1.43 bits per heavy atom. The lowest BCUT2D eigenvalue weighted by molar-refractivity contribution is -0.139. The molecule has 2 saturated heterocycles. The lowest BCUT2D eigenvalue weighted by atomic mass is 9.93. The number of amides is 2. The molecule has 3 rings (SSSR count). The highest BCUT2D eigenvalue weighted by molar-refractivity contribution is 9.10. The number of fused-ring (bicyclic) bond motifs is 1. The molecule has 9 heteroatoms. The first kappa shape index (κ1) is 16.8. The van der Waals surface area contributed by atoms with Crippen molar-refractivity contribution in [2.24, 2.45) is 0 Å². The predicted octanol–water partition coefficient (Wildman–Crippen LogP) is 1.87. The summed E-state index contributed by atoms with van der Waals surface area (Å²) in [5, 5.41) is 1.71. The fourth-order valence-electron chi connectivity index (χ4n) is 3.06. The van der Waals surface area contributed by atoms with Crippen LogP contribution in [0.2, 0.25) is 0 Å². The van der Waals surface area contributed by atoms with Crippen LogP contribution in [-0.2, 0) is 9.53 Å². The first-order chi connectivity index (χ1) is 10.8. The Kier molecular flexibility index (Phi) is 4.22. The van der Waals surface area contributed by atoms with Crippen LogP contribution in [0.3, 0.4) is 0 Å². The molecule has 2 amide bonds. The van der Waals surface area contributed by atoms with Gasteiger partial charge in [0.1, 0.15) is 4.88 Å². The molecular formula is C14H15BrF2N2O3S. The van der Waals surface area contributed by atoms with Gasteiger partial charge in [-0.15, -0.1) is 11.3 Å². The Balaban J connectivity index is 1.80. The maximum atomic E-state index is 15.1. The van der Waals surface area contributed by atoms with E-state index >= 15 is 8.78 Å². The van der Waals surface area contributed by atoms with Crippen molar-refractivity contribution in [1.29, 1.82) is 0 Å². The van der Waals surface area contributed by atoms with Crippen LogP contribution in [0.1, 0.15) is 9.67 Å². The fourth-order valence-corrected chi connectivity index (χ4v) is 4.57. The van der Waals surface area contributed by atoms with Crippen molar-refractivity contribution >= 4 is 39.1 Å². The average Bonchev–Trinajstić information content (AvgIpc) is 3.09. The highest BCUT2D eigenvalue weighted by Crippen LogP contribution is 2.46. The summed E-state index contributed by atoms with van der Waals surface area (Å²) in [6.07, 6.45) is 0. The van der Waals surface area contributed by atoms with Crippen LogP contribution in [-0.4, -0.2) is 72.8 Å². The number of hydrogen-bond acceptors (Lipinski definition) is 4. The van der Waals surface area contributed by atoms with Crippen molar-refractivity contribution < 1.29 is 23.1 Å². The van der Waals surface area contributed by atoms with Crippen LogP contribution in [0, 0.1) is 0 Å². The largest absolute Gasteiger partial charge is 0.383 e. The molecule has 0 aliphatic carbocycles. The number of hydrogen-bond donors (Lipinski definition) is 0. The molecule has 0 radical (unpaired) electrons. The number of halogens is 3. The third kappa shape index (κ3) is 2.49. The summed E-state index contributed by atoms with van der Waals surface area (Å²) in [7, 11) is 1.46. The number of likely N-dealkylation sites (tertiary alicyclic amines) is 2. The third-order valence-electron chi connectivity index (χ3n) is 4.29. The van der Waals surface area contributed by atoms with Gasteiger partial charge in [0.2, 0.25) is 5.67 Å². The number of rotatable bonds is 4. The number of nitrogens with zero attached hydrogens (tertiary/aromatic N) is 2. The molecule has 2 aliphatic rings. The van der Waals surface area contributed by atoms with Crippen molar-refractivity contribution in [3.05, 3.63) is 20.8 Å². The van der Waals surface area contributed by atoms with E-state index in [1.165, 1.54) is 18.4 Å². The molecule has 5 nitrogen and oxygen atoms in total. The molecule has 0 bridgehead atoms. The van der Waals surface area contributed by atoms with Crippen molar-refractivity contribution in [2.45, 2.75) is 11.3 Å². The second kappa shape index (κ2) is 5.78. The minimum Gasteiger partial charge on any atom is -0.383 e. The molecule has 2 fully saturated rings. The molecular weight excluding hydrogens is 394 g/mol. The van der Waals surface area contributed by atoms with E-state index in [-0.39, 0.29) is 19.7 Å². The Morgan fingerprint density at radius 2 is 2.17 bits per heavy atom. The van der Waals surface area contributed by atoms with E-state index in [1.54, 1.807) is 11.4 Å². The van der Waals surface area contributed by atoms with Gasteiger partial charge in [-0.1, -0.05) is 0 Å². The van der Waals surface area contributed by atoms with Crippen molar-refractivity contribution in [2.75, 3.05) is 39.9 Å². The van der Waals surface area contributed by atoms with E-state index in [1.807, 2.05) is 0 Å². The zero-order valence-electron chi connectivity index (χ0n) is 12.4. The Hall–Kier alpha value is -1.06. The Morgan fingerprint density at radius 3 is 2.74 bits per heavy atom. The number of ether oxygens (including phenoxy) is 1. The van der Waals surface area contributed by atoms with Gasteiger partial charge in [-0.2, -0.15) is 0 Å². The highest BCUT2D eigenvalue weighted by Gasteiger charge is 2.71. The van der Waals surface area contributed by atoms with Gasteiger partial charge in [-0.3, -0.25) is 9.59 Å². The molecule has 0 N–H and O–H groups in total. The van der Waals surface area contributed by atoms with Crippen LogP contribution in [0.25, 0.3) is 0 Å². The lowest BCUT2D eigenvalue weighted by Crippen LogP contribution is -2.47. The smallest absolute Gasteiger partial charge is 0.265 e. The van der Waals surface area contributed by atoms with E-state index in [0.717, 1.165) is 9.80 Å². The summed E-state index contributed by atoms with van der Waals surface area (Å²) >= 11 is 4.43. The normalized spacial score (nSPS) is 30.2. The summed E-state index contributed by atoms with van der Waals surface area (Å²) in [5.74, 6) is -1.37. The Labute approximate surface area is 144 Å². The highest BCUT2D eigenvalue weighted by atomic mass is 79.9. The van der Waals surface area contributed by atoms with Crippen molar-refractivity contribution in [3.8, 4) is 0 Å². The van der Waals surface area contributed by atoms with Gasteiger partial charge >= 0.3 is 0 Å². The first-order valence-corrected chi connectivity index (χ1v) is 8.68. The quantitative estimate of drug-likeness (QED) is 0.763. The van der Waals surface area contributed by atoms with Crippen LogP contribution in [0.5, 0.6) is 0 Å². The first-order valence-electron chi connectivity index (χ1n) is 7.01. The molecule has 3 heterocycles. The number of carbonyl (C=O) groups excluding carboxylic acids is 2. The van der Waals surface area contributed by atoms with Gasteiger partial charge < -0.3 is 14.5 Å². The van der Waals surface area contributed by atoms with Crippen LogP contribution in [0.4, 0.5) is 8.78 Å². The van der Waals surface area contributed by atoms with E-state index in [9.17, 15) is 9.59 Å². The zero-order valence-corrected chi connectivity index (χ0v) is 14.8. The number of alkyl halides is 2. The standard InChI is InChI=1S/C14H15BrF2N2O3S/c1-22-4-3-18-6-13(16)7-19(8-14(13,17)12(18)21)11(20)10-9(15)2-5-23-10/h2,5H,3-4,6-8H2,1H3/t13-,14-/m1/s1. The maximum Gasteiger partial charge on any atom is 0.265 e. The molecule has 126 valence electrons. The molecule has 2 atom stereocenters. The minimum atomic E-state index is -2.68. The zero-order chi connectivity index (χ0) is 16.8. The summed E-state index contributed by atoms with van der Waals surface area (Å²) in [6, 6.07) is 1.70. The number of methoxy groups -OCH3 is 1. The molecule has 0 saturated carbocycles. The van der Waals surface area contributed by atoms with E-state index in [0.29, 0.717) is 9.35 Å². The fraction of sp³-hybridized carbons (Fsp3) is 0.571. The van der Waals surface area contributed by atoms with Gasteiger partial charge in [0.05, 0.1) is 26.2 Å². The predicted molar refractivity (Wildman–Crippen MR) is 84.1 cm³/mol. The van der Waals surface area contributed by atoms with E-state index in [4.69, 9.17) is 4.74 Å². The van der Waals surface area contributed by atoms with Crippen LogP contribution >= 0.6 is 27.3 Å². The summed E-state index contributed by atoms with van der Waals surface area (Å²) < 4.78 is 35.6. The van der Waals surface area contributed by atoms with E-state index in [2.05, 4.69) is 15.9 Å². The summed E-state index contributed by atoms with van der Waals surface area (Å²) in [4.78, 5) is 27.3. The molecule has 23 heavy (non-hydrogen) atoms. The Bertz CT molecular complexity index is 658. The third-order valence-corrected chi connectivity index (χ3v) is 6.12. The van der Waals surface area contributed by atoms with Crippen molar-refractivity contribution in [3.63, 3.8) is 0 Å². The molecule has 0 aromatic carbocycles. The monoisotopic (exact) mass is 408 g/mol. The minimum absolute atomic E-state index is 0.136. The number of thiophene rings is 1. The van der Waals surface area contributed by atoms with Gasteiger partial charge in [-0.25, -0.2) is 8.78 Å². The molecule has 2 aliphatic heterocycles. The van der Waals surface area contributed by atoms with Gasteiger partial charge in [0.25, 0.3) is 11.8 Å². The molecule has 0 unspecified atom stereocenters. The molecule has 1 aromatic heterocycles. The average molecular weight is 409 g/mol. The van der Waals surface area contributed by atoms with Gasteiger partial charge in [0, 0.05) is 18.1 Å². The van der Waals surface area contributed by atoms with E-state index < -0.39 is 36.2 Å². The second-order valence-electron chi connectivity index (χ2n) is 5.74. The summed E-state index contributed by atoms with van der Waals surface area (Å²) in [6.45, 7) is -1.00. The van der Waals surface area contributed by atoms with Gasteiger partial charge in [-0.05, 0) is 27.4 Å².